The van der Waals surface area contributed by atoms with Crippen LogP contribution < -0.4 is 14.4 Å². The zero-order chi connectivity index (χ0) is 35.7. The minimum Gasteiger partial charge on any atom is -0.495 e. The molecule has 49 heavy (non-hydrogen) atoms. The first-order valence-corrected chi connectivity index (χ1v) is 17.5. The van der Waals surface area contributed by atoms with Crippen molar-refractivity contribution in [2.45, 2.75) is 44.2 Å². The van der Waals surface area contributed by atoms with Crippen molar-refractivity contribution < 1.29 is 27.7 Å². The van der Waals surface area contributed by atoms with E-state index in [1.165, 1.54) is 49.3 Å². The van der Waals surface area contributed by atoms with Crippen molar-refractivity contribution in [1.29, 1.82) is 0 Å². The van der Waals surface area contributed by atoms with Crippen LogP contribution in [-0.2, 0) is 32.6 Å². The molecule has 4 aromatic carbocycles. The number of halogens is 2. The lowest BCUT2D eigenvalue weighted by Crippen LogP contribution is -2.53. The molecule has 0 aliphatic heterocycles. The molecule has 0 spiro atoms. The van der Waals surface area contributed by atoms with Gasteiger partial charge in [-0.25, -0.2) is 8.42 Å². The van der Waals surface area contributed by atoms with Crippen LogP contribution in [0.5, 0.6) is 5.75 Å². The van der Waals surface area contributed by atoms with Gasteiger partial charge < -0.3 is 15.0 Å². The number of methoxy groups -OCH3 is 1. The number of aryl methyl sites for hydroxylation is 1. The number of carbonyl (C=O) groups excluding carboxylic acids is 2. The van der Waals surface area contributed by atoms with Crippen molar-refractivity contribution in [3.05, 3.63) is 128 Å². The number of hydrogen-bond acceptors (Lipinski definition) is 7. The quantitative estimate of drug-likeness (QED) is 0.108. The molecular weight excluding hydrogens is 691 g/mol. The molecule has 0 aromatic heterocycles. The number of nitro groups is 1. The molecule has 11 nitrogen and oxygen atoms in total. The van der Waals surface area contributed by atoms with E-state index in [2.05, 4.69) is 5.32 Å². The summed E-state index contributed by atoms with van der Waals surface area (Å²) >= 11 is 12.6. The molecule has 0 bridgehead atoms. The predicted molar refractivity (Wildman–Crippen MR) is 190 cm³/mol. The van der Waals surface area contributed by atoms with Crippen molar-refractivity contribution in [2.75, 3.05) is 24.5 Å². The second-order valence-corrected chi connectivity index (χ2v) is 13.9. The van der Waals surface area contributed by atoms with E-state index in [1.807, 2.05) is 37.3 Å². The van der Waals surface area contributed by atoms with E-state index in [4.69, 9.17) is 27.9 Å². The molecule has 0 saturated carbocycles. The Morgan fingerprint density at radius 2 is 1.63 bits per heavy atom. The minimum absolute atomic E-state index is 0.0744. The highest BCUT2D eigenvalue weighted by atomic mass is 35.5. The molecule has 258 valence electrons. The normalized spacial score (nSPS) is 11.8. The number of benzene rings is 4. The van der Waals surface area contributed by atoms with Gasteiger partial charge in [-0.15, -0.1) is 0 Å². The van der Waals surface area contributed by atoms with Gasteiger partial charge in [0.1, 0.15) is 18.3 Å². The Morgan fingerprint density at radius 1 is 0.939 bits per heavy atom. The molecule has 4 aromatic rings. The van der Waals surface area contributed by atoms with Crippen LogP contribution >= 0.6 is 23.2 Å². The van der Waals surface area contributed by atoms with Crippen molar-refractivity contribution in [1.82, 2.24) is 10.2 Å². The topological polar surface area (TPSA) is 139 Å². The van der Waals surface area contributed by atoms with Gasteiger partial charge in [0.25, 0.3) is 15.7 Å². The molecule has 1 atom stereocenters. The molecule has 1 N–H and O–H groups in total. The lowest BCUT2D eigenvalue weighted by atomic mass is 10.0. The van der Waals surface area contributed by atoms with Gasteiger partial charge in [0, 0.05) is 41.2 Å². The standard InChI is InChI=1S/C35H36Cl2N4O7S/c1-4-17-38-35(43)32(19-25-9-6-5-7-10-25)39(22-26-11-8-12-27(36)18-26)34(42)23-40(31-20-28(37)14-16-33(31)48-3)49(46,47)29-15-13-24(2)30(21-29)41(44)45/h5-16,18,20-21,32H,4,17,19,22-23H2,1-3H3,(H,38,43)/t32-/m1/s1. The number of rotatable bonds is 15. The van der Waals surface area contributed by atoms with Crippen LogP contribution in [0.2, 0.25) is 10.0 Å². The first-order valence-electron chi connectivity index (χ1n) is 15.3. The maximum Gasteiger partial charge on any atom is 0.273 e. The fourth-order valence-corrected chi connectivity index (χ4v) is 7.01. The van der Waals surface area contributed by atoms with E-state index in [0.717, 1.165) is 15.9 Å². The fourth-order valence-electron chi connectivity index (χ4n) is 5.20. The summed E-state index contributed by atoms with van der Waals surface area (Å²) in [6, 6.07) is 22.6. The maximum atomic E-state index is 14.6. The van der Waals surface area contributed by atoms with E-state index < -0.39 is 49.9 Å². The molecule has 0 heterocycles. The van der Waals surface area contributed by atoms with Crippen LogP contribution in [0, 0.1) is 17.0 Å². The molecule has 0 unspecified atom stereocenters. The molecule has 14 heteroatoms. The third kappa shape index (κ3) is 9.28. The zero-order valence-electron chi connectivity index (χ0n) is 27.1. The number of anilines is 1. The van der Waals surface area contributed by atoms with E-state index in [9.17, 15) is 28.1 Å². The maximum absolute atomic E-state index is 14.6. The second kappa shape index (κ2) is 16.6. The largest absolute Gasteiger partial charge is 0.495 e. The second-order valence-electron chi connectivity index (χ2n) is 11.2. The van der Waals surface area contributed by atoms with Crippen LogP contribution in [0.3, 0.4) is 0 Å². The third-order valence-electron chi connectivity index (χ3n) is 7.72. The Kier molecular flexibility index (Phi) is 12.6. The molecule has 2 amide bonds. The highest BCUT2D eigenvalue weighted by Crippen LogP contribution is 2.36. The van der Waals surface area contributed by atoms with Gasteiger partial charge in [0.05, 0.1) is 22.6 Å². The Bertz CT molecular complexity index is 1930. The van der Waals surface area contributed by atoms with Gasteiger partial charge >= 0.3 is 0 Å². The Morgan fingerprint density at radius 3 is 2.29 bits per heavy atom. The smallest absolute Gasteiger partial charge is 0.273 e. The first kappa shape index (κ1) is 37.2. The summed E-state index contributed by atoms with van der Waals surface area (Å²) in [5.41, 5.74) is 1.14. The van der Waals surface area contributed by atoms with Gasteiger partial charge in [-0.2, -0.15) is 0 Å². The van der Waals surface area contributed by atoms with Crippen molar-refractivity contribution in [3.8, 4) is 5.75 Å². The Balaban J connectivity index is 1.89. The third-order valence-corrected chi connectivity index (χ3v) is 9.94. The number of hydrogen-bond donors (Lipinski definition) is 1. The van der Waals surface area contributed by atoms with E-state index in [-0.39, 0.29) is 35.0 Å². The molecule has 4 rings (SSSR count). The van der Waals surface area contributed by atoms with E-state index >= 15 is 0 Å². The number of nitro benzene ring substituents is 1. The SMILES string of the molecule is CCCNC(=O)[C@@H](Cc1ccccc1)N(Cc1cccc(Cl)c1)C(=O)CN(c1cc(Cl)ccc1OC)S(=O)(=O)c1ccc(C)c([N+](=O)[O-])c1. The summed E-state index contributed by atoms with van der Waals surface area (Å²) in [6.07, 6.45) is 0.773. The summed E-state index contributed by atoms with van der Waals surface area (Å²) in [4.78, 5) is 40.4. The summed E-state index contributed by atoms with van der Waals surface area (Å²) in [7, 11) is -3.35. The van der Waals surface area contributed by atoms with Crippen LogP contribution in [0.25, 0.3) is 0 Å². The van der Waals surface area contributed by atoms with Gasteiger partial charge in [0.2, 0.25) is 11.8 Å². The molecule has 0 aliphatic rings. The highest BCUT2D eigenvalue weighted by Gasteiger charge is 2.36. The van der Waals surface area contributed by atoms with Crippen LogP contribution in [0.1, 0.15) is 30.0 Å². The molecule has 0 saturated heterocycles. The zero-order valence-corrected chi connectivity index (χ0v) is 29.5. The van der Waals surface area contributed by atoms with Gasteiger partial charge in [-0.3, -0.25) is 24.0 Å². The van der Waals surface area contributed by atoms with Crippen LogP contribution in [0.4, 0.5) is 11.4 Å². The monoisotopic (exact) mass is 726 g/mol. The highest BCUT2D eigenvalue weighted by molar-refractivity contribution is 7.92. The van der Waals surface area contributed by atoms with Gasteiger partial charge in [-0.1, -0.05) is 78.7 Å². The van der Waals surface area contributed by atoms with Crippen molar-refractivity contribution in [2.24, 2.45) is 0 Å². The van der Waals surface area contributed by atoms with Crippen LogP contribution in [0.15, 0.2) is 95.9 Å². The average Bonchev–Trinajstić information content (AvgIpc) is 3.07. The van der Waals surface area contributed by atoms with Crippen molar-refractivity contribution >= 4 is 56.4 Å². The fraction of sp³-hybridized carbons (Fsp3) is 0.257. The summed E-state index contributed by atoms with van der Waals surface area (Å²) in [5, 5.41) is 15.2. The van der Waals surface area contributed by atoms with Crippen molar-refractivity contribution in [3.63, 3.8) is 0 Å². The number of carbonyl (C=O) groups is 2. The van der Waals surface area contributed by atoms with Gasteiger partial charge in [0.15, 0.2) is 0 Å². The minimum atomic E-state index is -4.68. The number of ether oxygens (including phenoxy) is 1. The van der Waals surface area contributed by atoms with Crippen LogP contribution in [-0.4, -0.2) is 56.3 Å². The van der Waals surface area contributed by atoms with E-state index in [0.29, 0.717) is 23.6 Å². The van der Waals surface area contributed by atoms with E-state index in [1.54, 1.807) is 24.3 Å². The number of sulfonamides is 1. The lowest BCUT2D eigenvalue weighted by Gasteiger charge is -2.34. The number of amides is 2. The summed E-state index contributed by atoms with van der Waals surface area (Å²) in [6.45, 7) is 2.84. The first-order chi connectivity index (χ1) is 23.3. The van der Waals surface area contributed by atoms with Gasteiger partial charge in [-0.05, 0) is 60.9 Å². The molecule has 0 fully saturated rings. The Labute approximate surface area is 295 Å². The number of nitrogens with zero attached hydrogens (tertiary/aromatic N) is 3. The summed E-state index contributed by atoms with van der Waals surface area (Å²) in [5.74, 6) is -1.09. The predicted octanol–water partition coefficient (Wildman–Crippen LogP) is 6.58. The number of nitrogens with one attached hydrogen (secondary N) is 1. The average molecular weight is 728 g/mol. The summed E-state index contributed by atoms with van der Waals surface area (Å²) < 4.78 is 35.1. The Hall–Kier alpha value is -4.65. The lowest BCUT2D eigenvalue weighted by molar-refractivity contribution is -0.385. The molecule has 0 aliphatic carbocycles. The molecular formula is C35H36Cl2N4O7S. The molecule has 0 radical (unpaired) electrons.